The first-order valence-corrected chi connectivity index (χ1v) is 2.68. The maximum atomic E-state index is 9.86. The average molecular weight is 130 g/mol. The molecule has 0 bridgehead atoms. The van der Waals surface area contributed by atoms with Gasteiger partial charge in [-0.2, -0.15) is 0 Å². The molecule has 0 aromatic carbocycles. The van der Waals surface area contributed by atoms with Crippen molar-refractivity contribution in [2.45, 2.75) is 6.42 Å². The normalized spacial score (nSPS) is 8.89. The fourth-order valence-electron chi connectivity index (χ4n) is 0.326. The summed E-state index contributed by atoms with van der Waals surface area (Å²) in [6, 6.07) is 0. The average Bonchev–Trinajstić information content (AvgIpc) is 1.80. The Balaban J connectivity index is 2.91. The third-order valence-corrected chi connectivity index (χ3v) is 0.696. The molecule has 52 valence electrons. The van der Waals surface area contributed by atoms with Gasteiger partial charge >= 0.3 is 5.97 Å². The molecule has 0 spiro atoms. The number of aliphatic carboxylic acids is 1. The fraction of sp³-hybridized carbons (Fsp3) is 0.500. The third kappa shape index (κ3) is 7.17. The molecule has 0 radical (unpaired) electrons. The van der Waals surface area contributed by atoms with Gasteiger partial charge < -0.3 is 9.84 Å². The highest BCUT2D eigenvalue weighted by molar-refractivity contribution is 5.66. The van der Waals surface area contributed by atoms with Crippen LogP contribution in [0.15, 0.2) is 12.7 Å². The zero-order valence-electron chi connectivity index (χ0n) is 5.17. The Kier molecular flexibility index (Phi) is 4.82. The van der Waals surface area contributed by atoms with Crippen molar-refractivity contribution in [2.75, 3.05) is 13.2 Å². The molecule has 0 rings (SSSR count). The van der Waals surface area contributed by atoms with Gasteiger partial charge in [-0.15, -0.1) is 6.58 Å². The molecule has 0 aliphatic rings. The molecule has 0 aliphatic carbocycles. The lowest BCUT2D eigenvalue weighted by molar-refractivity contribution is -0.138. The van der Waals surface area contributed by atoms with Crippen molar-refractivity contribution in [1.29, 1.82) is 0 Å². The second-order valence-corrected chi connectivity index (χ2v) is 1.51. The predicted octanol–water partition coefficient (Wildman–Crippen LogP) is 0.664. The van der Waals surface area contributed by atoms with Crippen molar-refractivity contribution in [3.05, 3.63) is 12.7 Å². The summed E-state index contributed by atoms with van der Waals surface area (Å²) in [6.07, 6.45) is 1.65. The number of carboxylic acid groups (broad SMARTS) is 1. The summed E-state index contributed by atoms with van der Waals surface area (Å²) in [7, 11) is 0. The molecule has 0 aliphatic heterocycles. The van der Waals surface area contributed by atoms with Crippen molar-refractivity contribution in [3.63, 3.8) is 0 Å². The number of carboxylic acids is 1. The van der Waals surface area contributed by atoms with Crippen LogP contribution in [-0.4, -0.2) is 24.3 Å². The Morgan fingerprint density at radius 3 is 2.89 bits per heavy atom. The van der Waals surface area contributed by atoms with E-state index in [2.05, 4.69) is 6.58 Å². The molecule has 0 saturated heterocycles. The monoisotopic (exact) mass is 130 g/mol. The molecule has 0 saturated carbocycles. The Morgan fingerprint density at radius 2 is 2.44 bits per heavy atom. The molecule has 0 fully saturated rings. The lowest BCUT2D eigenvalue weighted by Gasteiger charge is -1.94. The predicted molar refractivity (Wildman–Crippen MR) is 33.3 cm³/mol. The molecule has 0 atom stereocenters. The Hall–Kier alpha value is -0.830. The van der Waals surface area contributed by atoms with Gasteiger partial charge in [0.15, 0.2) is 0 Å². The van der Waals surface area contributed by atoms with Gasteiger partial charge in [0.1, 0.15) is 0 Å². The van der Waals surface area contributed by atoms with Gasteiger partial charge in [0.05, 0.1) is 19.6 Å². The topological polar surface area (TPSA) is 46.5 Å². The Bertz CT molecular complexity index is 98.5. The first-order valence-electron chi connectivity index (χ1n) is 2.68. The van der Waals surface area contributed by atoms with Crippen molar-refractivity contribution >= 4 is 5.97 Å². The lowest BCUT2D eigenvalue weighted by Crippen LogP contribution is -2.02. The van der Waals surface area contributed by atoms with E-state index in [1.165, 1.54) is 0 Å². The molecule has 3 nitrogen and oxygen atoms in total. The molecule has 3 heteroatoms. The van der Waals surface area contributed by atoms with E-state index in [0.29, 0.717) is 6.61 Å². The smallest absolute Gasteiger partial charge is 0.305 e. The summed E-state index contributed by atoms with van der Waals surface area (Å²) in [4.78, 5) is 9.86. The minimum absolute atomic E-state index is 0.0633. The number of hydrogen-bond acceptors (Lipinski definition) is 2. The minimum atomic E-state index is -0.834. The van der Waals surface area contributed by atoms with Gasteiger partial charge in [-0.3, -0.25) is 4.79 Å². The summed E-state index contributed by atoms with van der Waals surface area (Å²) >= 11 is 0. The number of hydrogen-bond donors (Lipinski definition) is 1. The summed E-state index contributed by atoms with van der Waals surface area (Å²) in [5, 5.41) is 8.11. The van der Waals surface area contributed by atoms with Crippen LogP contribution in [0.2, 0.25) is 0 Å². The number of carbonyl (C=O) groups is 1. The van der Waals surface area contributed by atoms with E-state index >= 15 is 0 Å². The second kappa shape index (κ2) is 5.31. The van der Waals surface area contributed by atoms with Gasteiger partial charge in [0, 0.05) is 0 Å². The summed E-state index contributed by atoms with van der Waals surface area (Å²) in [5.41, 5.74) is 0. The molecule has 0 unspecified atom stereocenters. The zero-order chi connectivity index (χ0) is 7.11. The first kappa shape index (κ1) is 8.17. The maximum Gasteiger partial charge on any atom is 0.305 e. The van der Waals surface area contributed by atoms with Crippen LogP contribution in [0, 0.1) is 0 Å². The molecule has 1 N–H and O–H groups in total. The van der Waals surface area contributed by atoms with Gasteiger partial charge in [0.25, 0.3) is 0 Å². The first-order chi connectivity index (χ1) is 4.27. The summed E-state index contributed by atoms with van der Waals surface area (Å²) in [5.74, 6) is -0.834. The number of ether oxygens (including phenoxy) is 1. The fourth-order valence-corrected chi connectivity index (χ4v) is 0.326. The van der Waals surface area contributed by atoms with Crippen LogP contribution in [0.3, 0.4) is 0 Å². The van der Waals surface area contributed by atoms with Crippen molar-refractivity contribution in [2.24, 2.45) is 0 Å². The van der Waals surface area contributed by atoms with Gasteiger partial charge in [-0.05, 0) is 0 Å². The molecular weight excluding hydrogens is 120 g/mol. The zero-order valence-corrected chi connectivity index (χ0v) is 5.17. The van der Waals surface area contributed by atoms with Crippen LogP contribution in [0.5, 0.6) is 0 Å². The standard InChI is InChI=1S/C6H10O3/c1-2-4-9-5-3-6(7)8/h2H,1,3-5H2,(H,7,8). The highest BCUT2D eigenvalue weighted by Crippen LogP contribution is 1.81. The molecule has 0 amide bonds. The Morgan fingerprint density at radius 1 is 1.78 bits per heavy atom. The third-order valence-electron chi connectivity index (χ3n) is 0.696. The highest BCUT2D eigenvalue weighted by Gasteiger charge is 1.93. The van der Waals surface area contributed by atoms with E-state index in [1.54, 1.807) is 6.08 Å². The molecule has 0 aromatic rings. The summed E-state index contributed by atoms with van der Waals surface area (Å²) < 4.78 is 4.79. The molecule has 0 aromatic heterocycles. The van der Waals surface area contributed by atoms with Gasteiger partial charge in [-0.1, -0.05) is 6.08 Å². The second-order valence-electron chi connectivity index (χ2n) is 1.51. The lowest BCUT2D eigenvalue weighted by atomic mass is 10.5. The molecule has 0 heterocycles. The molecular formula is C6H10O3. The van der Waals surface area contributed by atoms with Crippen molar-refractivity contribution < 1.29 is 14.6 Å². The van der Waals surface area contributed by atoms with E-state index in [-0.39, 0.29) is 13.0 Å². The van der Waals surface area contributed by atoms with E-state index in [4.69, 9.17) is 9.84 Å². The van der Waals surface area contributed by atoms with Crippen LogP contribution in [-0.2, 0) is 9.53 Å². The highest BCUT2D eigenvalue weighted by atomic mass is 16.5. The maximum absolute atomic E-state index is 9.86. The van der Waals surface area contributed by atoms with Gasteiger partial charge in [-0.25, -0.2) is 0 Å². The van der Waals surface area contributed by atoms with Crippen molar-refractivity contribution in [3.8, 4) is 0 Å². The number of rotatable bonds is 5. The van der Waals surface area contributed by atoms with Crippen LogP contribution in [0.25, 0.3) is 0 Å². The summed E-state index contributed by atoms with van der Waals surface area (Å²) in [6.45, 7) is 4.09. The Labute approximate surface area is 53.9 Å². The van der Waals surface area contributed by atoms with Crippen molar-refractivity contribution in [1.82, 2.24) is 0 Å². The molecule has 9 heavy (non-hydrogen) atoms. The van der Waals surface area contributed by atoms with Gasteiger partial charge in [0.2, 0.25) is 0 Å². The van der Waals surface area contributed by atoms with Crippen LogP contribution in [0.4, 0.5) is 0 Å². The van der Waals surface area contributed by atoms with Crippen LogP contribution < -0.4 is 0 Å². The SMILES string of the molecule is C=CCOCCC(=O)O. The van der Waals surface area contributed by atoms with E-state index in [1.807, 2.05) is 0 Å². The minimum Gasteiger partial charge on any atom is -0.481 e. The van der Waals surface area contributed by atoms with E-state index in [0.717, 1.165) is 0 Å². The quantitative estimate of drug-likeness (QED) is 0.439. The van der Waals surface area contributed by atoms with E-state index < -0.39 is 5.97 Å². The van der Waals surface area contributed by atoms with Crippen LogP contribution >= 0.6 is 0 Å². The van der Waals surface area contributed by atoms with Crippen LogP contribution in [0.1, 0.15) is 6.42 Å². The van der Waals surface area contributed by atoms with E-state index in [9.17, 15) is 4.79 Å². The largest absolute Gasteiger partial charge is 0.481 e.